The van der Waals surface area contributed by atoms with Gasteiger partial charge in [0.2, 0.25) is 5.91 Å². The number of aromatic nitrogens is 2. The average molecular weight is 416 g/mol. The van der Waals surface area contributed by atoms with Gasteiger partial charge in [-0.1, -0.05) is 36.4 Å². The number of carbonyl (C=O) groups is 1. The van der Waals surface area contributed by atoms with Crippen LogP contribution in [0.1, 0.15) is 23.0 Å². The fourth-order valence-corrected chi connectivity index (χ4v) is 3.98. The maximum atomic E-state index is 12.8. The number of amides is 1. The van der Waals surface area contributed by atoms with Gasteiger partial charge in [0.15, 0.2) is 0 Å². The first-order chi connectivity index (χ1) is 14.7. The second-order valence-corrected chi connectivity index (χ2v) is 7.57. The summed E-state index contributed by atoms with van der Waals surface area (Å²) in [7, 11) is 1.64. The Morgan fingerprint density at radius 2 is 1.80 bits per heavy atom. The Morgan fingerprint density at radius 3 is 2.50 bits per heavy atom. The Balaban J connectivity index is 1.48. The molecule has 0 fully saturated rings. The fraction of sp³-hybridized carbons (Fsp3) is 0.125. The molecule has 0 aliphatic rings. The van der Waals surface area contributed by atoms with Crippen LogP contribution in [0.15, 0.2) is 84.4 Å². The van der Waals surface area contributed by atoms with E-state index in [2.05, 4.69) is 15.3 Å². The number of thiazole rings is 1. The van der Waals surface area contributed by atoms with Gasteiger partial charge in [-0.25, -0.2) is 4.98 Å². The highest BCUT2D eigenvalue weighted by Crippen LogP contribution is 2.26. The molecule has 1 atom stereocenters. The smallest absolute Gasteiger partial charge is 0.226 e. The van der Waals surface area contributed by atoms with Gasteiger partial charge in [0.1, 0.15) is 10.8 Å². The monoisotopic (exact) mass is 415 g/mol. The summed E-state index contributed by atoms with van der Waals surface area (Å²) in [5.74, 6) is 0.706. The molecule has 0 aliphatic heterocycles. The van der Waals surface area contributed by atoms with Crippen LogP contribution in [0, 0.1) is 0 Å². The van der Waals surface area contributed by atoms with Crippen molar-refractivity contribution < 1.29 is 9.53 Å². The van der Waals surface area contributed by atoms with E-state index < -0.39 is 0 Å². The van der Waals surface area contributed by atoms with E-state index in [9.17, 15) is 4.79 Å². The minimum atomic E-state index is -0.306. The lowest BCUT2D eigenvalue weighted by Gasteiger charge is -2.18. The molecule has 2 aromatic heterocycles. The summed E-state index contributed by atoms with van der Waals surface area (Å²) < 4.78 is 5.20. The maximum Gasteiger partial charge on any atom is 0.226 e. The number of nitrogens with one attached hydrogen (secondary N) is 1. The summed E-state index contributed by atoms with van der Waals surface area (Å²) in [5.41, 5.74) is 3.54. The van der Waals surface area contributed by atoms with Gasteiger partial charge in [0, 0.05) is 17.1 Å². The molecular weight excluding hydrogens is 394 g/mol. The standard InChI is InChI=1S/C24H21N3O2S/c1-29-20-12-10-18(11-13-20)24-26-19(16-30-24)15-22(28)27-23(17-7-3-2-4-8-17)21-9-5-6-14-25-21/h2-14,16,23H,15H2,1H3,(H,27,28). The van der Waals surface area contributed by atoms with Crippen LogP contribution in [0.5, 0.6) is 5.75 Å². The number of ether oxygens (including phenoxy) is 1. The molecule has 1 amide bonds. The second-order valence-electron chi connectivity index (χ2n) is 6.72. The van der Waals surface area contributed by atoms with Crippen molar-refractivity contribution in [3.63, 3.8) is 0 Å². The molecule has 2 heterocycles. The lowest BCUT2D eigenvalue weighted by molar-refractivity contribution is -0.121. The topological polar surface area (TPSA) is 64.1 Å². The summed E-state index contributed by atoms with van der Waals surface area (Å²) in [6.07, 6.45) is 1.95. The maximum absolute atomic E-state index is 12.8. The zero-order valence-corrected chi connectivity index (χ0v) is 17.3. The highest BCUT2D eigenvalue weighted by atomic mass is 32.1. The molecule has 30 heavy (non-hydrogen) atoms. The summed E-state index contributed by atoms with van der Waals surface area (Å²) in [5, 5.41) is 5.92. The summed E-state index contributed by atoms with van der Waals surface area (Å²) in [6.45, 7) is 0. The van der Waals surface area contributed by atoms with Crippen LogP contribution in [0.4, 0.5) is 0 Å². The van der Waals surface area contributed by atoms with Crippen molar-refractivity contribution in [1.82, 2.24) is 15.3 Å². The Hall–Kier alpha value is -3.51. The highest BCUT2D eigenvalue weighted by molar-refractivity contribution is 7.13. The average Bonchev–Trinajstić information content (AvgIpc) is 3.27. The van der Waals surface area contributed by atoms with E-state index in [0.717, 1.165) is 33.3 Å². The molecule has 4 rings (SSSR count). The van der Waals surface area contributed by atoms with Crippen molar-refractivity contribution in [2.75, 3.05) is 7.11 Å². The van der Waals surface area contributed by atoms with Gasteiger partial charge < -0.3 is 10.1 Å². The lowest BCUT2D eigenvalue weighted by Crippen LogP contribution is -2.31. The molecule has 150 valence electrons. The number of hydrogen-bond donors (Lipinski definition) is 1. The number of hydrogen-bond acceptors (Lipinski definition) is 5. The number of nitrogens with zero attached hydrogens (tertiary/aromatic N) is 2. The van der Waals surface area contributed by atoms with E-state index in [4.69, 9.17) is 4.74 Å². The highest BCUT2D eigenvalue weighted by Gasteiger charge is 2.19. The summed E-state index contributed by atoms with van der Waals surface area (Å²) in [6, 6.07) is 23.0. The van der Waals surface area contributed by atoms with Crippen LogP contribution >= 0.6 is 11.3 Å². The van der Waals surface area contributed by atoms with E-state index in [-0.39, 0.29) is 18.4 Å². The van der Waals surface area contributed by atoms with E-state index in [1.807, 2.05) is 78.2 Å². The Kier molecular flexibility index (Phi) is 6.15. The van der Waals surface area contributed by atoms with Gasteiger partial charge in [0.05, 0.1) is 31.0 Å². The lowest BCUT2D eigenvalue weighted by atomic mass is 10.0. The van der Waals surface area contributed by atoms with Crippen LogP contribution in [0.25, 0.3) is 10.6 Å². The van der Waals surface area contributed by atoms with Crippen LogP contribution < -0.4 is 10.1 Å². The van der Waals surface area contributed by atoms with Crippen molar-refractivity contribution in [1.29, 1.82) is 0 Å². The zero-order chi connectivity index (χ0) is 20.8. The van der Waals surface area contributed by atoms with Crippen molar-refractivity contribution in [2.45, 2.75) is 12.5 Å². The number of benzene rings is 2. The number of methoxy groups -OCH3 is 1. The summed E-state index contributed by atoms with van der Waals surface area (Å²) >= 11 is 1.53. The van der Waals surface area contributed by atoms with Gasteiger partial charge in [-0.2, -0.15) is 0 Å². The van der Waals surface area contributed by atoms with Crippen LogP contribution in [-0.4, -0.2) is 23.0 Å². The normalized spacial score (nSPS) is 11.6. The molecule has 0 aliphatic carbocycles. The molecule has 4 aromatic rings. The Bertz CT molecular complexity index is 1060. The Labute approximate surface area is 179 Å². The van der Waals surface area contributed by atoms with Crippen molar-refractivity contribution >= 4 is 17.2 Å². The third-order valence-corrected chi connectivity index (χ3v) is 5.59. The van der Waals surface area contributed by atoms with Gasteiger partial charge >= 0.3 is 0 Å². The molecule has 0 radical (unpaired) electrons. The van der Waals surface area contributed by atoms with Crippen molar-refractivity contribution in [3.8, 4) is 16.3 Å². The molecular formula is C24H21N3O2S. The second kappa shape index (κ2) is 9.33. The van der Waals surface area contributed by atoms with Crippen LogP contribution in [-0.2, 0) is 11.2 Å². The molecule has 5 nitrogen and oxygen atoms in total. The first-order valence-corrected chi connectivity index (χ1v) is 10.4. The molecule has 0 spiro atoms. The third-order valence-electron chi connectivity index (χ3n) is 4.65. The number of rotatable bonds is 7. The van der Waals surface area contributed by atoms with Gasteiger partial charge in [0.25, 0.3) is 0 Å². The quantitative estimate of drug-likeness (QED) is 0.477. The van der Waals surface area contributed by atoms with E-state index in [1.165, 1.54) is 11.3 Å². The van der Waals surface area contributed by atoms with Crippen molar-refractivity contribution in [3.05, 3.63) is 101 Å². The molecule has 1 N–H and O–H groups in total. The van der Waals surface area contributed by atoms with Crippen LogP contribution in [0.2, 0.25) is 0 Å². The predicted octanol–water partition coefficient (Wildman–Crippen LogP) is 4.66. The van der Waals surface area contributed by atoms with Gasteiger partial charge in [-0.15, -0.1) is 11.3 Å². The molecule has 0 saturated carbocycles. The summed E-state index contributed by atoms with van der Waals surface area (Å²) in [4.78, 5) is 21.9. The number of carbonyl (C=O) groups excluding carboxylic acids is 1. The zero-order valence-electron chi connectivity index (χ0n) is 16.5. The van der Waals surface area contributed by atoms with E-state index in [1.54, 1.807) is 13.3 Å². The SMILES string of the molecule is COc1ccc(-c2nc(CC(=O)NC(c3ccccc3)c3ccccn3)cs2)cc1. The van der Waals surface area contributed by atoms with Crippen molar-refractivity contribution in [2.24, 2.45) is 0 Å². The molecule has 2 aromatic carbocycles. The van der Waals surface area contributed by atoms with Crippen LogP contribution in [0.3, 0.4) is 0 Å². The fourth-order valence-electron chi connectivity index (χ4n) is 3.15. The molecule has 0 bridgehead atoms. The largest absolute Gasteiger partial charge is 0.497 e. The van der Waals surface area contributed by atoms with E-state index in [0.29, 0.717) is 0 Å². The Morgan fingerprint density at radius 1 is 1.03 bits per heavy atom. The van der Waals surface area contributed by atoms with Gasteiger partial charge in [-0.05, 0) is 42.0 Å². The first-order valence-electron chi connectivity index (χ1n) is 9.57. The molecule has 0 saturated heterocycles. The minimum absolute atomic E-state index is 0.0962. The predicted molar refractivity (Wildman–Crippen MR) is 118 cm³/mol. The molecule has 1 unspecified atom stereocenters. The molecule has 6 heteroatoms. The number of pyridine rings is 1. The van der Waals surface area contributed by atoms with E-state index >= 15 is 0 Å². The third kappa shape index (κ3) is 4.72. The van der Waals surface area contributed by atoms with Gasteiger partial charge in [-0.3, -0.25) is 9.78 Å². The first kappa shape index (κ1) is 19.8. The minimum Gasteiger partial charge on any atom is -0.497 e.